The summed E-state index contributed by atoms with van der Waals surface area (Å²) in [6, 6.07) is 9.58. The van der Waals surface area contributed by atoms with Gasteiger partial charge >= 0.3 is 7.75 Å². The van der Waals surface area contributed by atoms with Crippen LogP contribution in [0.4, 0.5) is 0 Å². The Morgan fingerprint density at radius 3 is 2.10 bits per heavy atom. The minimum Gasteiger partial charge on any atom is -0.296 e. The van der Waals surface area contributed by atoms with E-state index in [1.165, 1.54) is 4.83 Å². The lowest BCUT2D eigenvalue weighted by molar-refractivity contribution is -0.139. The van der Waals surface area contributed by atoms with Crippen molar-refractivity contribution >= 4 is 7.75 Å². The highest BCUT2D eigenvalue weighted by atomic mass is 31.2. The van der Waals surface area contributed by atoms with Crippen LogP contribution in [0.3, 0.4) is 0 Å². The molecule has 0 atom stereocenters. The molecule has 0 bridgehead atoms. The molecule has 20 heavy (non-hydrogen) atoms. The molecule has 1 aromatic rings. The lowest BCUT2D eigenvalue weighted by atomic mass is 10.2. The molecule has 0 radical (unpaired) electrons. The minimum atomic E-state index is -3.41. The summed E-state index contributed by atoms with van der Waals surface area (Å²) in [5, 5.41) is 0. The van der Waals surface area contributed by atoms with E-state index in [9.17, 15) is 4.57 Å². The van der Waals surface area contributed by atoms with E-state index in [2.05, 4.69) is 0 Å². The van der Waals surface area contributed by atoms with Crippen LogP contribution in [0.5, 0.6) is 0 Å². The first-order chi connectivity index (χ1) is 9.53. The summed E-state index contributed by atoms with van der Waals surface area (Å²) in [5.41, 5.74) is 0.998. The van der Waals surface area contributed by atoms with Gasteiger partial charge in [0.15, 0.2) is 0 Å². The highest BCUT2D eigenvalue weighted by Crippen LogP contribution is 2.53. The smallest absolute Gasteiger partial charge is 0.296 e. The molecule has 0 unspecified atom stereocenters. The molecule has 0 saturated carbocycles. The minimum absolute atomic E-state index is 0.123. The number of hydroxylamine groups is 1. The molecule has 5 nitrogen and oxygen atoms in total. The van der Waals surface area contributed by atoms with Crippen LogP contribution in [-0.2, 0) is 25.1 Å². The summed E-state index contributed by atoms with van der Waals surface area (Å²) >= 11 is 0. The maximum atomic E-state index is 12.7. The van der Waals surface area contributed by atoms with Crippen molar-refractivity contribution in [3.05, 3.63) is 35.9 Å². The second kappa shape index (κ2) is 8.55. The van der Waals surface area contributed by atoms with Crippen molar-refractivity contribution < 1.29 is 18.5 Å². The molecule has 0 N–H and O–H groups in total. The second-order valence-electron chi connectivity index (χ2n) is 4.46. The molecule has 114 valence electrons. The lowest BCUT2D eigenvalue weighted by Gasteiger charge is -2.31. The third kappa shape index (κ3) is 5.00. The zero-order valence-electron chi connectivity index (χ0n) is 12.6. The zero-order valence-corrected chi connectivity index (χ0v) is 13.5. The van der Waals surface area contributed by atoms with E-state index in [0.29, 0.717) is 19.8 Å². The summed E-state index contributed by atoms with van der Waals surface area (Å²) < 4.78 is 23.4. The van der Waals surface area contributed by atoms with Gasteiger partial charge in [-0.3, -0.25) is 13.9 Å². The van der Waals surface area contributed by atoms with Gasteiger partial charge in [-0.2, -0.15) is 0 Å². The summed E-state index contributed by atoms with van der Waals surface area (Å²) in [6.45, 7) is 8.25. The van der Waals surface area contributed by atoms with E-state index < -0.39 is 7.75 Å². The molecule has 0 aliphatic rings. The van der Waals surface area contributed by atoms with E-state index in [4.69, 9.17) is 13.9 Å². The number of hydrogen-bond donors (Lipinski definition) is 0. The fourth-order valence-electron chi connectivity index (χ4n) is 1.69. The van der Waals surface area contributed by atoms with Gasteiger partial charge in [-0.1, -0.05) is 35.2 Å². The van der Waals surface area contributed by atoms with Crippen molar-refractivity contribution in [1.29, 1.82) is 0 Å². The average Bonchev–Trinajstić information content (AvgIpc) is 2.40. The van der Waals surface area contributed by atoms with Crippen molar-refractivity contribution in [1.82, 2.24) is 4.83 Å². The van der Waals surface area contributed by atoms with Gasteiger partial charge in [-0.15, -0.1) is 0 Å². The largest absolute Gasteiger partial charge is 0.431 e. The van der Waals surface area contributed by atoms with Gasteiger partial charge in [0, 0.05) is 6.04 Å². The molecule has 0 fully saturated rings. The van der Waals surface area contributed by atoms with E-state index in [1.807, 2.05) is 44.2 Å². The molecule has 0 aromatic heterocycles. The van der Waals surface area contributed by atoms with Gasteiger partial charge in [0.05, 0.1) is 19.8 Å². The Morgan fingerprint density at radius 2 is 1.65 bits per heavy atom. The fourth-order valence-corrected chi connectivity index (χ4v) is 3.41. The van der Waals surface area contributed by atoms with E-state index in [0.717, 1.165) is 5.56 Å². The predicted octanol–water partition coefficient (Wildman–Crippen LogP) is 4.01. The molecule has 0 amide bonds. The average molecular weight is 301 g/mol. The summed E-state index contributed by atoms with van der Waals surface area (Å²) in [5.74, 6) is 0. The van der Waals surface area contributed by atoms with Crippen molar-refractivity contribution in [2.75, 3.05) is 13.2 Å². The Kier molecular flexibility index (Phi) is 7.41. The maximum absolute atomic E-state index is 12.7. The molecule has 0 aliphatic carbocycles. The van der Waals surface area contributed by atoms with Crippen LogP contribution in [0.25, 0.3) is 0 Å². The molecule has 0 aliphatic heterocycles. The fraction of sp³-hybridized carbons (Fsp3) is 0.571. The highest BCUT2D eigenvalue weighted by Gasteiger charge is 2.36. The molecule has 1 aromatic carbocycles. The maximum Gasteiger partial charge on any atom is 0.431 e. The Bertz CT molecular complexity index is 414. The van der Waals surface area contributed by atoms with Crippen LogP contribution < -0.4 is 0 Å². The van der Waals surface area contributed by atoms with Crippen LogP contribution in [0.1, 0.15) is 33.3 Å². The second-order valence-corrected chi connectivity index (χ2v) is 6.31. The van der Waals surface area contributed by atoms with Crippen molar-refractivity contribution in [3.63, 3.8) is 0 Å². The first-order valence-electron chi connectivity index (χ1n) is 6.89. The molecular formula is C14H24NO4P. The van der Waals surface area contributed by atoms with Gasteiger partial charge in [0.1, 0.15) is 0 Å². The first-order valence-corrected chi connectivity index (χ1v) is 8.38. The molecular weight excluding hydrogens is 277 g/mol. The molecule has 0 heterocycles. The van der Waals surface area contributed by atoms with Crippen LogP contribution in [0, 0.1) is 0 Å². The van der Waals surface area contributed by atoms with E-state index >= 15 is 0 Å². The van der Waals surface area contributed by atoms with Crippen LogP contribution in [0.15, 0.2) is 30.3 Å². The summed E-state index contributed by atoms with van der Waals surface area (Å²) in [6.07, 6.45) is 0. The molecule has 6 heteroatoms. The first kappa shape index (κ1) is 17.3. The molecule has 1 rings (SSSR count). The van der Waals surface area contributed by atoms with Gasteiger partial charge in [0.2, 0.25) is 0 Å². The third-order valence-electron chi connectivity index (χ3n) is 2.47. The van der Waals surface area contributed by atoms with Crippen molar-refractivity contribution in [3.8, 4) is 0 Å². The Labute approximate surface area is 121 Å². The normalized spacial score (nSPS) is 12.3. The topological polar surface area (TPSA) is 48.0 Å². The SMILES string of the molecule is CCOP(=O)(OCC)N(OCc1ccccc1)C(C)C. The Hall–Kier alpha value is -0.710. The molecule has 0 saturated heterocycles. The van der Waals surface area contributed by atoms with Crippen LogP contribution >= 0.6 is 7.75 Å². The Morgan fingerprint density at radius 1 is 1.10 bits per heavy atom. The van der Waals surface area contributed by atoms with Gasteiger partial charge < -0.3 is 0 Å². The number of hydrogen-bond acceptors (Lipinski definition) is 4. The summed E-state index contributed by atoms with van der Waals surface area (Å²) in [4.78, 5) is 7.02. The number of nitrogens with zero attached hydrogens (tertiary/aromatic N) is 1. The van der Waals surface area contributed by atoms with E-state index in [-0.39, 0.29) is 6.04 Å². The van der Waals surface area contributed by atoms with Gasteiger partial charge in [0.25, 0.3) is 0 Å². The predicted molar refractivity (Wildman–Crippen MR) is 79.1 cm³/mol. The summed E-state index contributed by atoms with van der Waals surface area (Å²) in [7, 11) is -3.41. The quantitative estimate of drug-likeness (QED) is 0.509. The van der Waals surface area contributed by atoms with Crippen molar-refractivity contribution in [2.45, 2.75) is 40.3 Å². The third-order valence-corrected chi connectivity index (χ3v) is 4.70. The van der Waals surface area contributed by atoms with Crippen molar-refractivity contribution in [2.24, 2.45) is 0 Å². The standard InChI is InChI=1S/C14H24NO4P/c1-5-18-20(16,19-6-2)15(13(3)4)17-12-14-10-8-7-9-11-14/h7-11,13H,5-6,12H2,1-4H3. The zero-order chi connectivity index (χ0) is 15.0. The van der Waals surface area contributed by atoms with Crippen LogP contribution in [0.2, 0.25) is 0 Å². The number of rotatable bonds is 9. The van der Waals surface area contributed by atoms with Gasteiger partial charge in [-0.05, 0) is 33.3 Å². The number of benzene rings is 1. The van der Waals surface area contributed by atoms with E-state index in [1.54, 1.807) is 13.8 Å². The highest BCUT2D eigenvalue weighted by molar-refractivity contribution is 7.51. The van der Waals surface area contributed by atoms with Gasteiger partial charge in [-0.25, -0.2) is 4.57 Å². The molecule has 0 spiro atoms. The van der Waals surface area contributed by atoms with Crippen LogP contribution in [-0.4, -0.2) is 24.1 Å². The lowest BCUT2D eigenvalue weighted by Crippen LogP contribution is -2.30. The monoisotopic (exact) mass is 301 g/mol. The Balaban J connectivity index is 2.79.